The molecular weight excluding hydrogens is 388 g/mol. The lowest BCUT2D eigenvalue weighted by Crippen LogP contribution is -2.39. The molecule has 31 heavy (non-hydrogen) atoms. The minimum absolute atomic E-state index is 0.0603. The Morgan fingerprint density at radius 3 is 2.55 bits per heavy atom. The molecule has 0 aliphatic carbocycles. The maximum absolute atomic E-state index is 12.9. The highest BCUT2D eigenvalue weighted by atomic mass is 16.2. The molecule has 1 aliphatic heterocycles. The first-order valence-corrected chi connectivity index (χ1v) is 10.5. The van der Waals surface area contributed by atoms with Crippen molar-refractivity contribution < 1.29 is 4.79 Å². The Bertz CT molecular complexity index is 1170. The first kappa shape index (κ1) is 19.1. The Morgan fingerprint density at radius 1 is 0.968 bits per heavy atom. The topological polar surface area (TPSA) is 74.6 Å². The summed E-state index contributed by atoms with van der Waals surface area (Å²) >= 11 is 0. The first-order chi connectivity index (χ1) is 15.3. The largest absolute Gasteiger partial charge is 0.354 e. The Balaban J connectivity index is 1.32. The molecule has 156 valence electrons. The van der Waals surface area contributed by atoms with Crippen LogP contribution in [-0.2, 0) is 6.54 Å². The molecule has 4 aromatic rings. The van der Waals surface area contributed by atoms with Crippen LogP contribution in [0.1, 0.15) is 30.1 Å². The number of para-hydroxylation sites is 1. The third-order valence-corrected chi connectivity index (χ3v) is 5.62. The normalized spacial score (nSPS) is 15.9. The lowest BCUT2D eigenvalue weighted by molar-refractivity contribution is 0.192. The Labute approximate surface area is 180 Å². The number of hydrogen-bond donors (Lipinski definition) is 2. The molecule has 2 amide bonds. The molecule has 2 aromatic carbocycles. The minimum Gasteiger partial charge on any atom is -0.354 e. The molecule has 1 aliphatic rings. The van der Waals surface area contributed by atoms with Crippen LogP contribution in [0.25, 0.3) is 5.52 Å². The van der Waals surface area contributed by atoms with E-state index >= 15 is 0 Å². The van der Waals surface area contributed by atoms with Gasteiger partial charge in [-0.25, -0.2) is 9.31 Å². The van der Waals surface area contributed by atoms with Gasteiger partial charge in [0.15, 0.2) is 0 Å². The predicted molar refractivity (Wildman–Crippen MR) is 120 cm³/mol. The fourth-order valence-corrected chi connectivity index (χ4v) is 4.08. The van der Waals surface area contributed by atoms with Crippen molar-refractivity contribution in [1.29, 1.82) is 0 Å². The molecule has 1 saturated heterocycles. The molecular formula is C24H24N6O. The summed E-state index contributed by atoms with van der Waals surface area (Å²) in [5.41, 5.74) is 4.79. The Kier molecular flexibility index (Phi) is 5.22. The number of nitrogens with zero attached hydrogens (tertiary/aromatic N) is 4. The highest BCUT2D eigenvalue weighted by Gasteiger charge is 2.33. The molecule has 1 atom stereocenters. The number of carbonyl (C=O) groups excluding carboxylic acids is 1. The molecule has 0 saturated carbocycles. The van der Waals surface area contributed by atoms with Crippen molar-refractivity contribution in [2.45, 2.75) is 25.4 Å². The van der Waals surface area contributed by atoms with E-state index in [0.29, 0.717) is 6.54 Å². The van der Waals surface area contributed by atoms with Crippen LogP contribution in [0.15, 0.2) is 79.0 Å². The second kappa shape index (κ2) is 8.47. The van der Waals surface area contributed by atoms with Crippen molar-refractivity contribution in [3.63, 3.8) is 0 Å². The fourth-order valence-electron chi connectivity index (χ4n) is 4.08. The number of amides is 2. The molecule has 1 fully saturated rings. The monoisotopic (exact) mass is 412 g/mol. The van der Waals surface area contributed by atoms with Gasteiger partial charge in [0.1, 0.15) is 5.69 Å². The Morgan fingerprint density at radius 2 is 1.74 bits per heavy atom. The molecule has 0 radical (unpaired) electrons. The quantitative estimate of drug-likeness (QED) is 0.505. The van der Waals surface area contributed by atoms with Gasteiger partial charge in [0.2, 0.25) is 0 Å². The van der Waals surface area contributed by atoms with Crippen molar-refractivity contribution >= 4 is 22.9 Å². The number of urea groups is 1. The molecule has 5 rings (SSSR count). The SMILES string of the molecule is O=C(NCc1ccccc1)N1CCCC1c1nnn2cc(Nc3ccccc3)ccc12. The summed E-state index contributed by atoms with van der Waals surface area (Å²) in [7, 11) is 0. The third kappa shape index (κ3) is 4.07. The van der Waals surface area contributed by atoms with E-state index in [9.17, 15) is 4.79 Å². The van der Waals surface area contributed by atoms with E-state index in [0.717, 1.165) is 47.5 Å². The van der Waals surface area contributed by atoms with Gasteiger partial charge in [-0.1, -0.05) is 53.7 Å². The van der Waals surface area contributed by atoms with Gasteiger partial charge >= 0.3 is 6.03 Å². The average Bonchev–Trinajstić information content (AvgIpc) is 3.45. The van der Waals surface area contributed by atoms with Gasteiger partial charge in [0.25, 0.3) is 0 Å². The molecule has 0 bridgehead atoms. The molecule has 1 unspecified atom stereocenters. The number of nitrogens with one attached hydrogen (secondary N) is 2. The van der Waals surface area contributed by atoms with E-state index in [-0.39, 0.29) is 12.1 Å². The fraction of sp³-hybridized carbons (Fsp3) is 0.208. The van der Waals surface area contributed by atoms with Gasteiger partial charge < -0.3 is 15.5 Å². The van der Waals surface area contributed by atoms with Crippen LogP contribution in [0.3, 0.4) is 0 Å². The van der Waals surface area contributed by atoms with Crippen LogP contribution in [0.5, 0.6) is 0 Å². The third-order valence-electron chi connectivity index (χ3n) is 5.62. The van der Waals surface area contributed by atoms with Gasteiger partial charge in [-0.2, -0.15) is 0 Å². The van der Waals surface area contributed by atoms with Crippen LogP contribution < -0.4 is 10.6 Å². The van der Waals surface area contributed by atoms with E-state index in [1.165, 1.54) is 0 Å². The second-order valence-electron chi connectivity index (χ2n) is 7.71. The predicted octanol–water partition coefficient (Wildman–Crippen LogP) is 4.52. The van der Waals surface area contributed by atoms with E-state index in [1.54, 1.807) is 4.52 Å². The van der Waals surface area contributed by atoms with Crippen LogP contribution in [0.2, 0.25) is 0 Å². The lowest BCUT2D eigenvalue weighted by atomic mass is 10.1. The zero-order valence-corrected chi connectivity index (χ0v) is 17.1. The summed E-state index contributed by atoms with van der Waals surface area (Å²) in [6.45, 7) is 1.23. The number of pyridine rings is 1. The van der Waals surface area contributed by atoms with E-state index in [4.69, 9.17) is 0 Å². The van der Waals surface area contributed by atoms with E-state index in [1.807, 2.05) is 83.9 Å². The van der Waals surface area contributed by atoms with E-state index < -0.39 is 0 Å². The number of aromatic nitrogens is 3. The maximum atomic E-state index is 12.9. The molecule has 2 N–H and O–H groups in total. The van der Waals surface area contributed by atoms with Crippen LogP contribution >= 0.6 is 0 Å². The Hall–Kier alpha value is -3.87. The number of benzene rings is 2. The number of carbonyl (C=O) groups is 1. The van der Waals surface area contributed by atoms with Gasteiger partial charge in [-0.3, -0.25) is 0 Å². The van der Waals surface area contributed by atoms with Gasteiger partial charge in [-0.15, -0.1) is 5.10 Å². The number of fused-ring (bicyclic) bond motifs is 1. The average molecular weight is 412 g/mol. The van der Waals surface area contributed by atoms with Crippen molar-refractivity contribution in [3.8, 4) is 0 Å². The van der Waals surface area contributed by atoms with Crippen molar-refractivity contribution in [2.24, 2.45) is 0 Å². The molecule has 0 spiro atoms. The first-order valence-electron chi connectivity index (χ1n) is 10.5. The molecule has 3 heterocycles. The summed E-state index contributed by atoms with van der Waals surface area (Å²) in [4.78, 5) is 14.7. The van der Waals surface area contributed by atoms with E-state index in [2.05, 4.69) is 20.9 Å². The number of rotatable bonds is 5. The number of likely N-dealkylation sites (tertiary alicyclic amines) is 1. The summed E-state index contributed by atoms with van der Waals surface area (Å²) in [6, 6.07) is 23.8. The number of anilines is 2. The van der Waals surface area contributed by atoms with Crippen molar-refractivity contribution in [1.82, 2.24) is 25.0 Å². The molecule has 7 nitrogen and oxygen atoms in total. The van der Waals surface area contributed by atoms with Gasteiger partial charge in [0, 0.05) is 18.8 Å². The summed E-state index contributed by atoms with van der Waals surface area (Å²) in [5, 5.41) is 15.2. The van der Waals surface area contributed by atoms with Gasteiger partial charge in [-0.05, 0) is 42.7 Å². The number of hydrogen-bond acceptors (Lipinski definition) is 4. The summed E-state index contributed by atoms with van der Waals surface area (Å²) < 4.78 is 1.78. The van der Waals surface area contributed by atoms with Crippen LogP contribution in [0, 0.1) is 0 Å². The highest BCUT2D eigenvalue weighted by molar-refractivity contribution is 5.75. The van der Waals surface area contributed by atoms with Crippen molar-refractivity contribution in [2.75, 3.05) is 11.9 Å². The van der Waals surface area contributed by atoms with Crippen LogP contribution in [0.4, 0.5) is 16.2 Å². The molecule has 7 heteroatoms. The summed E-state index contributed by atoms with van der Waals surface area (Å²) in [5.74, 6) is 0. The second-order valence-corrected chi connectivity index (χ2v) is 7.71. The maximum Gasteiger partial charge on any atom is 0.318 e. The summed E-state index contributed by atoms with van der Waals surface area (Å²) in [6.07, 6.45) is 3.76. The highest BCUT2D eigenvalue weighted by Crippen LogP contribution is 2.33. The smallest absolute Gasteiger partial charge is 0.318 e. The zero-order valence-electron chi connectivity index (χ0n) is 17.1. The lowest BCUT2D eigenvalue weighted by Gasteiger charge is -2.23. The van der Waals surface area contributed by atoms with Gasteiger partial charge in [0.05, 0.1) is 23.4 Å². The van der Waals surface area contributed by atoms with Crippen molar-refractivity contribution in [3.05, 3.63) is 90.3 Å². The minimum atomic E-state index is -0.0683. The van der Waals surface area contributed by atoms with Crippen LogP contribution in [-0.4, -0.2) is 32.3 Å². The molecule has 2 aromatic heterocycles. The zero-order chi connectivity index (χ0) is 21.0. The standard InChI is InChI=1S/C24H24N6O/c31-24(25-16-18-8-3-1-4-9-18)29-15-7-12-21(29)23-22-14-13-20(17-30(22)28-27-23)26-19-10-5-2-6-11-19/h1-6,8-11,13-14,17,21,26H,7,12,15-16H2,(H,25,31).